The standard InChI is InChI=1S/C18H15ClFN5O2/c19-13-3-10(4-14(20)16(13)26)7-25-2-1-15-12(8-25)18(27)24-17(23-15)11-5-21-9-22-6-11/h3-6,9,26H,1-2,7-8H2,(H,23,24,27). The third kappa shape index (κ3) is 3.54. The van der Waals surface area contributed by atoms with Crippen molar-refractivity contribution in [2.45, 2.75) is 19.5 Å². The number of fused-ring (bicyclic) bond motifs is 1. The van der Waals surface area contributed by atoms with E-state index in [1.165, 1.54) is 18.5 Å². The number of aromatic hydroxyl groups is 1. The molecule has 1 aliphatic rings. The zero-order chi connectivity index (χ0) is 19.0. The Kier molecular flexibility index (Phi) is 4.59. The van der Waals surface area contributed by atoms with Crippen molar-refractivity contribution < 1.29 is 9.50 Å². The Morgan fingerprint density at radius 3 is 2.81 bits per heavy atom. The zero-order valence-electron chi connectivity index (χ0n) is 14.1. The predicted octanol–water partition coefficient (Wildman–Crippen LogP) is 2.28. The van der Waals surface area contributed by atoms with Crippen LogP contribution in [0.2, 0.25) is 5.02 Å². The van der Waals surface area contributed by atoms with Gasteiger partial charge in [-0.1, -0.05) is 11.6 Å². The molecular weight excluding hydrogens is 373 g/mol. The first-order chi connectivity index (χ1) is 13.0. The summed E-state index contributed by atoms with van der Waals surface area (Å²) in [5.74, 6) is -0.869. The number of aromatic nitrogens is 4. The van der Waals surface area contributed by atoms with E-state index in [-0.39, 0.29) is 10.6 Å². The lowest BCUT2D eigenvalue weighted by Gasteiger charge is -2.27. The summed E-state index contributed by atoms with van der Waals surface area (Å²) in [6.45, 7) is 1.46. The molecule has 0 bridgehead atoms. The van der Waals surface area contributed by atoms with Crippen LogP contribution in [0, 0.1) is 5.82 Å². The first kappa shape index (κ1) is 17.6. The Hall–Kier alpha value is -2.84. The second-order valence-corrected chi connectivity index (χ2v) is 6.74. The van der Waals surface area contributed by atoms with E-state index >= 15 is 0 Å². The Morgan fingerprint density at radius 2 is 2.07 bits per heavy atom. The molecule has 0 amide bonds. The van der Waals surface area contributed by atoms with Crippen LogP contribution in [0.4, 0.5) is 4.39 Å². The minimum absolute atomic E-state index is 0.0309. The highest BCUT2D eigenvalue weighted by molar-refractivity contribution is 6.32. The van der Waals surface area contributed by atoms with E-state index in [9.17, 15) is 14.3 Å². The number of nitrogens with one attached hydrogen (secondary N) is 1. The van der Waals surface area contributed by atoms with Crippen LogP contribution < -0.4 is 5.56 Å². The van der Waals surface area contributed by atoms with Crippen LogP contribution in [-0.4, -0.2) is 36.5 Å². The van der Waals surface area contributed by atoms with Gasteiger partial charge in [-0.25, -0.2) is 19.3 Å². The van der Waals surface area contributed by atoms with E-state index in [4.69, 9.17) is 11.6 Å². The molecule has 2 N–H and O–H groups in total. The van der Waals surface area contributed by atoms with Crippen molar-refractivity contribution >= 4 is 11.6 Å². The molecule has 3 heterocycles. The first-order valence-electron chi connectivity index (χ1n) is 8.28. The summed E-state index contributed by atoms with van der Waals surface area (Å²) >= 11 is 5.84. The molecule has 4 rings (SSSR count). The lowest BCUT2D eigenvalue weighted by molar-refractivity contribution is 0.241. The number of halogens is 2. The largest absolute Gasteiger partial charge is 0.504 e. The van der Waals surface area contributed by atoms with Crippen LogP contribution in [-0.2, 0) is 19.5 Å². The molecule has 0 spiro atoms. The number of hydrogen-bond acceptors (Lipinski definition) is 6. The molecule has 1 aromatic carbocycles. The minimum Gasteiger partial charge on any atom is -0.504 e. The summed E-state index contributed by atoms with van der Waals surface area (Å²) in [5.41, 5.74) is 2.39. The van der Waals surface area contributed by atoms with E-state index in [0.717, 1.165) is 5.69 Å². The van der Waals surface area contributed by atoms with Gasteiger partial charge in [0.05, 0.1) is 21.8 Å². The second kappa shape index (κ2) is 7.05. The molecule has 0 atom stereocenters. The number of rotatable bonds is 3. The highest BCUT2D eigenvalue weighted by Gasteiger charge is 2.22. The molecule has 138 valence electrons. The number of H-pyrrole nitrogens is 1. The lowest BCUT2D eigenvalue weighted by Crippen LogP contribution is -2.35. The quantitative estimate of drug-likeness (QED) is 0.716. The Bertz CT molecular complexity index is 1030. The molecule has 27 heavy (non-hydrogen) atoms. The molecule has 9 heteroatoms. The maximum atomic E-state index is 13.7. The average molecular weight is 388 g/mol. The monoisotopic (exact) mass is 387 g/mol. The SMILES string of the molecule is O=c1[nH]c(-c2cncnc2)nc2c1CN(Cc1cc(F)c(O)c(Cl)c1)CC2. The van der Waals surface area contributed by atoms with E-state index in [2.05, 4.69) is 19.9 Å². The maximum absolute atomic E-state index is 13.7. The van der Waals surface area contributed by atoms with Gasteiger partial charge in [-0.05, 0) is 17.7 Å². The fourth-order valence-electron chi connectivity index (χ4n) is 3.14. The number of hydrogen-bond donors (Lipinski definition) is 2. The molecule has 1 aliphatic heterocycles. The van der Waals surface area contributed by atoms with E-state index in [0.29, 0.717) is 48.6 Å². The highest BCUT2D eigenvalue weighted by atomic mass is 35.5. The second-order valence-electron chi connectivity index (χ2n) is 6.34. The van der Waals surface area contributed by atoms with Gasteiger partial charge in [0, 0.05) is 38.4 Å². The molecule has 0 aliphatic carbocycles. The van der Waals surface area contributed by atoms with Gasteiger partial charge in [-0.15, -0.1) is 0 Å². The van der Waals surface area contributed by atoms with Gasteiger partial charge in [0.1, 0.15) is 12.2 Å². The molecular formula is C18H15ClFN5O2. The summed E-state index contributed by atoms with van der Waals surface area (Å²) < 4.78 is 13.7. The van der Waals surface area contributed by atoms with Crippen molar-refractivity contribution in [2.75, 3.05) is 6.54 Å². The molecule has 0 radical (unpaired) electrons. The van der Waals surface area contributed by atoms with Gasteiger partial charge in [0.2, 0.25) is 0 Å². The van der Waals surface area contributed by atoms with E-state index < -0.39 is 11.6 Å². The fourth-order valence-corrected chi connectivity index (χ4v) is 3.37. The van der Waals surface area contributed by atoms with Gasteiger partial charge in [-0.3, -0.25) is 9.69 Å². The summed E-state index contributed by atoms with van der Waals surface area (Å²) in [4.78, 5) is 29.7. The van der Waals surface area contributed by atoms with Crippen LogP contribution in [0.15, 0.2) is 35.6 Å². The van der Waals surface area contributed by atoms with Gasteiger partial charge >= 0.3 is 0 Å². The Labute approximate surface area is 158 Å². The first-order valence-corrected chi connectivity index (χ1v) is 8.66. The number of nitrogens with zero attached hydrogens (tertiary/aromatic N) is 4. The maximum Gasteiger partial charge on any atom is 0.255 e. The topological polar surface area (TPSA) is 95.0 Å². The van der Waals surface area contributed by atoms with Crippen LogP contribution in [0.5, 0.6) is 5.75 Å². The molecule has 2 aromatic heterocycles. The third-order valence-electron chi connectivity index (χ3n) is 4.46. The molecule has 0 fully saturated rings. The summed E-state index contributed by atoms with van der Waals surface area (Å²) in [6, 6.07) is 2.77. The molecule has 3 aromatic rings. The summed E-state index contributed by atoms with van der Waals surface area (Å²) in [7, 11) is 0. The van der Waals surface area contributed by atoms with Crippen molar-refractivity contribution in [1.82, 2.24) is 24.8 Å². The molecule has 0 saturated heterocycles. The van der Waals surface area contributed by atoms with Crippen molar-refractivity contribution in [3.63, 3.8) is 0 Å². The Balaban J connectivity index is 1.58. The van der Waals surface area contributed by atoms with Gasteiger partial charge < -0.3 is 10.1 Å². The molecule has 7 nitrogen and oxygen atoms in total. The Morgan fingerprint density at radius 1 is 1.30 bits per heavy atom. The van der Waals surface area contributed by atoms with Crippen LogP contribution in [0.3, 0.4) is 0 Å². The average Bonchev–Trinajstić information content (AvgIpc) is 2.67. The van der Waals surface area contributed by atoms with Crippen molar-refractivity contribution in [3.05, 3.63) is 68.9 Å². The summed E-state index contributed by atoms with van der Waals surface area (Å²) in [5, 5.41) is 9.41. The van der Waals surface area contributed by atoms with Gasteiger partial charge in [0.25, 0.3) is 5.56 Å². The van der Waals surface area contributed by atoms with Gasteiger partial charge in [-0.2, -0.15) is 0 Å². The van der Waals surface area contributed by atoms with E-state index in [1.54, 1.807) is 12.4 Å². The number of phenolic OH excluding ortho intramolecular Hbond substituents is 1. The molecule has 0 unspecified atom stereocenters. The summed E-state index contributed by atoms with van der Waals surface area (Å²) in [6.07, 6.45) is 5.19. The number of aromatic amines is 1. The van der Waals surface area contributed by atoms with Crippen LogP contribution >= 0.6 is 11.6 Å². The van der Waals surface area contributed by atoms with E-state index in [1.807, 2.05) is 4.90 Å². The number of benzene rings is 1. The molecule has 0 saturated carbocycles. The predicted molar refractivity (Wildman–Crippen MR) is 96.8 cm³/mol. The van der Waals surface area contributed by atoms with Crippen LogP contribution in [0.1, 0.15) is 16.8 Å². The van der Waals surface area contributed by atoms with Crippen molar-refractivity contribution in [1.29, 1.82) is 0 Å². The smallest absolute Gasteiger partial charge is 0.255 e. The zero-order valence-corrected chi connectivity index (χ0v) is 14.9. The van der Waals surface area contributed by atoms with Crippen LogP contribution in [0.25, 0.3) is 11.4 Å². The van der Waals surface area contributed by atoms with Gasteiger partial charge in [0.15, 0.2) is 11.6 Å². The fraction of sp³-hybridized carbons (Fsp3) is 0.222. The van der Waals surface area contributed by atoms with Crippen molar-refractivity contribution in [2.24, 2.45) is 0 Å². The third-order valence-corrected chi connectivity index (χ3v) is 4.75. The highest BCUT2D eigenvalue weighted by Crippen LogP contribution is 2.29. The normalized spacial score (nSPS) is 14.1. The minimum atomic E-state index is -0.760. The number of phenols is 1. The lowest BCUT2D eigenvalue weighted by atomic mass is 10.1. The van der Waals surface area contributed by atoms with Crippen molar-refractivity contribution in [3.8, 4) is 17.1 Å².